The molecule has 9 heteroatoms. The number of nitriles is 1. The van der Waals surface area contributed by atoms with Crippen LogP contribution in [0.1, 0.15) is 55.1 Å². The molecule has 0 spiro atoms. The van der Waals surface area contributed by atoms with Crippen molar-refractivity contribution in [1.29, 1.82) is 5.26 Å². The molecule has 0 saturated carbocycles. The minimum atomic E-state index is -3.16. The van der Waals surface area contributed by atoms with E-state index in [1.54, 1.807) is 46.7 Å². The Hall–Kier alpha value is -2.96. The molecule has 0 aliphatic carbocycles. The second-order valence-corrected chi connectivity index (χ2v) is 11.0. The van der Waals surface area contributed by atoms with Crippen molar-refractivity contribution in [3.05, 3.63) is 53.3 Å². The highest BCUT2D eigenvalue weighted by Gasteiger charge is 2.44. The van der Waals surface area contributed by atoms with Gasteiger partial charge in [-0.25, -0.2) is 12.7 Å². The lowest BCUT2D eigenvalue weighted by Crippen LogP contribution is -2.43. The molecule has 2 aliphatic heterocycles. The number of hydrogen-bond donors (Lipinski definition) is 1. The number of rotatable bonds is 5. The Bertz CT molecular complexity index is 1190. The summed E-state index contributed by atoms with van der Waals surface area (Å²) in [6.07, 6.45) is 4.80. The van der Waals surface area contributed by atoms with Crippen molar-refractivity contribution >= 4 is 27.3 Å². The number of nitrogens with one attached hydrogen (secondary N) is 1. The number of aromatic nitrogens is 1. The number of pyridine rings is 1. The van der Waals surface area contributed by atoms with Crippen molar-refractivity contribution in [2.45, 2.75) is 45.2 Å². The van der Waals surface area contributed by atoms with Crippen LogP contribution in [-0.4, -0.2) is 48.5 Å². The van der Waals surface area contributed by atoms with Gasteiger partial charge in [0.2, 0.25) is 10.0 Å². The van der Waals surface area contributed by atoms with Crippen LogP contribution in [0.4, 0.5) is 11.4 Å². The van der Waals surface area contributed by atoms with E-state index in [-0.39, 0.29) is 17.7 Å². The normalized spacial score (nSPS) is 18.9. The summed E-state index contributed by atoms with van der Waals surface area (Å²) < 4.78 is 25.7. The summed E-state index contributed by atoms with van der Waals surface area (Å²) in [5, 5.41) is 12.7. The zero-order valence-corrected chi connectivity index (χ0v) is 19.3. The van der Waals surface area contributed by atoms with Crippen LogP contribution < -0.4 is 10.2 Å². The van der Waals surface area contributed by atoms with Crippen LogP contribution in [0.5, 0.6) is 0 Å². The van der Waals surface area contributed by atoms with Crippen LogP contribution in [0.25, 0.3) is 0 Å². The number of carbonyl (C=O) groups is 1. The van der Waals surface area contributed by atoms with Crippen molar-refractivity contribution in [1.82, 2.24) is 9.29 Å². The van der Waals surface area contributed by atoms with Crippen molar-refractivity contribution in [3.8, 4) is 6.07 Å². The Balaban J connectivity index is 1.53. The number of nitrogens with zero attached hydrogens (tertiary/aromatic N) is 4. The van der Waals surface area contributed by atoms with Crippen LogP contribution in [0.3, 0.4) is 0 Å². The number of carbonyl (C=O) groups excluding carboxylic acids is 1. The molecule has 1 amide bonds. The third kappa shape index (κ3) is 3.85. The zero-order chi connectivity index (χ0) is 23.1. The largest absolute Gasteiger partial charge is 0.381 e. The van der Waals surface area contributed by atoms with Crippen LogP contribution in [0.15, 0.2) is 36.7 Å². The van der Waals surface area contributed by atoms with Crippen LogP contribution in [-0.2, 0) is 15.6 Å². The fourth-order valence-corrected chi connectivity index (χ4v) is 5.70. The van der Waals surface area contributed by atoms with Crippen LogP contribution in [0.2, 0.25) is 0 Å². The first-order chi connectivity index (χ1) is 15.2. The first-order valence-corrected chi connectivity index (χ1v) is 12.4. The van der Waals surface area contributed by atoms with Gasteiger partial charge >= 0.3 is 0 Å². The van der Waals surface area contributed by atoms with Crippen molar-refractivity contribution in [2.75, 3.05) is 29.1 Å². The second kappa shape index (κ2) is 8.19. The van der Waals surface area contributed by atoms with E-state index in [1.807, 2.05) is 19.9 Å². The maximum absolute atomic E-state index is 13.2. The Morgan fingerprint density at radius 1 is 1.22 bits per heavy atom. The number of sulfonamides is 1. The van der Waals surface area contributed by atoms with Gasteiger partial charge < -0.3 is 5.32 Å². The van der Waals surface area contributed by atoms with Gasteiger partial charge in [0.05, 0.1) is 46.7 Å². The monoisotopic (exact) mass is 453 g/mol. The molecule has 4 rings (SSSR count). The molecule has 32 heavy (non-hydrogen) atoms. The minimum absolute atomic E-state index is 0.119. The molecule has 2 aliphatic rings. The lowest BCUT2D eigenvalue weighted by molar-refractivity contribution is 0.0982. The molecule has 1 N–H and O–H groups in total. The van der Waals surface area contributed by atoms with Crippen molar-refractivity contribution in [3.63, 3.8) is 0 Å². The minimum Gasteiger partial charge on any atom is -0.381 e. The van der Waals surface area contributed by atoms with Gasteiger partial charge in [0.1, 0.15) is 0 Å². The first-order valence-electron chi connectivity index (χ1n) is 10.8. The fourth-order valence-electron chi connectivity index (χ4n) is 4.57. The van der Waals surface area contributed by atoms with Crippen LogP contribution in [0, 0.1) is 11.3 Å². The molecule has 1 aromatic carbocycles. The summed E-state index contributed by atoms with van der Waals surface area (Å²) in [5.74, 6) is 0.00104. The molecular weight excluding hydrogens is 426 g/mol. The maximum atomic E-state index is 13.2. The van der Waals surface area contributed by atoms with Crippen molar-refractivity contribution in [2.24, 2.45) is 0 Å². The van der Waals surface area contributed by atoms with Gasteiger partial charge in [-0.1, -0.05) is 0 Å². The molecule has 1 saturated heterocycles. The molecule has 3 heterocycles. The number of fused-ring (bicyclic) bond motifs is 1. The molecule has 1 aromatic heterocycles. The average molecular weight is 454 g/mol. The predicted octanol–water partition coefficient (Wildman–Crippen LogP) is 3.07. The molecule has 1 fully saturated rings. The third-order valence-electron chi connectivity index (χ3n) is 6.37. The smallest absolute Gasteiger partial charge is 0.259 e. The summed E-state index contributed by atoms with van der Waals surface area (Å²) >= 11 is 0. The summed E-state index contributed by atoms with van der Waals surface area (Å²) in [6.45, 7) is 6.57. The molecule has 0 unspecified atom stereocenters. The molecule has 0 radical (unpaired) electrons. The van der Waals surface area contributed by atoms with E-state index in [4.69, 9.17) is 0 Å². The molecule has 8 nitrogen and oxygen atoms in total. The molecular formula is C23H27N5O3S. The van der Waals surface area contributed by atoms with Gasteiger partial charge in [-0.15, -0.1) is 0 Å². The third-order valence-corrected chi connectivity index (χ3v) is 8.25. The summed E-state index contributed by atoms with van der Waals surface area (Å²) in [6, 6.07) is 9.33. The summed E-state index contributed by atoms with van der Waals surface area (Å²) in [5.41, 5.74) is 2.78. The average Bonchev–Trinajstić information content (AvgIpc) is 2.99. The number of amides is 1. The first kappa shape index (κ1) is 22.2. The highest BCUT2D eigenvalue weighted by Crippen LogP contribution is 2.42. The van der Waals surface area contributed by atoms with Gasteiger partial charge in [0.15, 0.2) is 0 Å². The second-order valence-electron chi connectivity index (χ2n) is 8.72. The van der Waals surface area contributed by atoms with E-state index in [1.165, 1.54) is 0 Å². The Morgan fingerprint density at radius 2 is 1.94 bits per heavy atom. The van der Waals surface area contributed by atoms with Gasteiger partial charge in [-0.3, -0.25) is 14.7 Å². The van der Waals surface area contributed by atoms with Gasteiger partial charge in [-0.05, 0) is 63.4 Å². The lowest BCUT2D eigenvalue weighted by Gasteiger charge is -2.33. The molecule has 0 atom stereocenters. The van der Waals surface area contributed by atoms with Gasteiger partial charge in [0.25, 0.3) is 5.91 Å². The highest BCUT2D eigenvalue weighted by molar-refractivity contribution is 7.89. The predicted molar refractivity (Wildman–Crippen MR) is 123 cm³/mol. The lowest BCUT2D eigenvalue weighted by atomic mass is 9.92. The van der Waals surface area contributed by atoms with E-state index in [0.717, 1.165) is 11.3 Å². The topological polar surface area (TPSA) is 106 Å². The number of benzene rings is 1. The Morgan fingerprint density at radius 3 is 2.59 bits per heavy atom. The van der Waals surface area contributed by atoms with E-state index in [0.29, 0.717) is 42.7 Å². The summed E-state index contributed by atoms with van der Waals surface area (Å²) in [4.78, 5) is 19.3. The molecule has 0 bridgehead atoms. The fraction of sp³-hybridized carbons (Fsp3) is 0.435. The van der Waals surface area contributed by atoms with E-state index in [9.17, 15) is 18.5 Å². The molecule has 2 aromatic rings. The van der Waals surface area contributed by atoms with Crippen LogP contribution >= 0.6 is 0 Å². The van der Waals surface area contributed by atoms with Gasteiger partial charge in [-0.2, -0.15) is 5.26 Å². The van der Waals surface area contributed by atoms with Crippen molar-refractivity contribution < 1.29 is 13.2 Å². The zero-order valence-electron chi connectivity index (χ0n) is 18.5. The SMILES string of the molecule is CCS(=O)(=O)N1CCC(Nc2cncc(N3C(=O)c4ccc(C#N)cc4C3(C)C)c2)CC1. The highest BCUT2D eigenvalue weighted by atomic mass is 32.2. The number of piperidine rings is 1. The number of anilines is 2. The number of hydrogen-bond acceptors (Lipinski definition) is 6. The Labute approximate surface area is 188 Å². The molecule has 168 valence electrons. The van der Waals surface area contributed by atoms with E-state index < -0.39 is 15.6 Å². The van der Waals surface area contributed by atoms with E-state index in [2.05, 4.69) is 16.4 Å². The maximum Gasteiger partial charge on any atom is 0.259 e. The standard InChI is InChI=1S/C23H27N5O3S/c1-4-32(30,31)27-9-7-17(8-10-27)26-18-12-19(15-25-14-18)28-22(29)20-6-5-16(13-24)11-21(20)23(28,2)3/h5-6,11-12,14-15,17,26H,4,7-10H2,1-3H3. The van der Waals surface area contributed by atoms with E-state index >= 15 is 0 Å². The quantitative estimate of drug-likeness (QED) is 0.746. The Kier molecular flexibility index (Phi) is 5.69. The summed E-state index contributed by atoms with van der Waals surface area (Å²) in [7, 11) is -3.16. The van der Waals surface area contributed by atoms with Gasteiger partial charge in [0, 0.05) is 24.7 Å².